The Morgan fingerprint density at radius 3 is 2.44 bits per heavy atom. The molecule has 1 aromatic carbocycles. The number of aryl methyl sites for hydroxylation is 1. The maximum absolute atomic E-state index is 5.64. The van der Waals surface area contributed by atoms with Crippen molar-refractivity contribution in [2.75, 3.05) is 0 Å². The smallest absolute Gasteiger partial charge is 0.215 e. The molecule has 1 rings (SSSR count). The van der Waals surface area contributed by atoms with E-state index in [9.17, 15) is 0 Å². The van der Waals surface area contributed by atoms with Gasteiger partial charge in [-0.2, -0.15) is 0 Å². The average molecular weight is 307 g/mol. The van der Waals surface area contributed by atoms with E-state index in [1.165, 1.54) is 0 Å². The fraction of sp³-hybridized carbons (Fsp3) is 0.500. The van der Waals surface area contributed by atoms with Gasteiger partial charge in [0.2, 0.25) is 9.03 Å². The highest BCUT2D eigenvalue weighted by Gasteiger charge is 2.15. The molecule has 0 saturated carbocycles. The van der Waals surface area contributed by atoms with Gasteiger partial charge in [-0.3, -0.25) is 0 Å². The van der Waals surface area contributed by atoms with E-state index in [4.69, 9.17) is 9.05 Å². The monoisotopic (exact) mass is 306 g/mol. The standard InChI is InChI=1S/C12H19O2P.BrH/c1-5-12(3,4)14-15-13-11-9-7-6-8-10(11)2;/h6-9,15H,5H2,1-4H3;1H. The van der Waals surface area contributed by atoms with Crippen molar-refractivity contribution in [3.8, 4) is 5.75 Å². The fourth-order valence-electron chi connectivity index (χ4n) is 0.922. The summed E-state index contributed by atoms with van der Waals surface area (Å²) in [6.45, 7) is 8.28. The number of hydrogen-bond acceptors (Lipinski definition) is 2. The first kappa shape index (κ1) is 15.9. The van der Waals surface area contributed by atoms with Crippen LogP contribution in [-0.2, 0) is 4.52 Å². The van der Waals surface area contributed by atoms with Gasteiger partial charge in [0, 0.05) is 0 Å². The molecule has 0 bridgehead atoms. The SMILES string of the molecule is Br.CCC(C)(C)OPOc1ccccc1C. The third-order valence-electron chi connectivity index (χ3n) is 2.41. The number of benzene rings is 1. The zero-order chi connectivity index (χ0) is 11.3. The summed E-state index contributed by atoms with van der Waals surface area (Å²) in [6, 6.07) is 7.97. The lowest BCUT2D eigenvalue weighted by Crippen LogP contribution is -2.19. The van der Waals surface area contributed by atoms with E-state index in [1.807, 2.05) is 31.2 Å². The molecule has 0 amide bonds. The van der Waals surface area contributed by atoms with Crippen molar-refractivity contribution >= 4 is 26.0 Å². The summed E-state index contributed by atoms with van der Waals surface area (Å²) in [6.07, 6.45) is 0.983. The Kier molecular flexibility index (Phi) is 7.21. The number of hydrogen-bond donors (Lipinski definition) is 0. The molecule has 1 unspecified atom stereocenters. The molecule has 0 fully saturated rings. The van der Waals surface area contributed by atoms with Gasteiger partial charge in [-0.1, -0.05) is 25.1 Å². The second kappa shape index (κ2) is 7.26. The van der Waals surface area contributed by atoms with Gasteiger partial charge in [-0.25, -0.2) is 0 Å². The summed E-state index contributed by atoms with van der Waals surface area (Å²) in [5, 5.41) is 0. The van der Waals surface area contributed by atoms with Crippen molar-refractivity contribution in [1.82, 2.24) is 0 Å². The van der Waals surface area contributed by atoms with E-state index in [0.29, 0.717) is 0 Å². The molecule has 0 aliphatic rings. The second-order valence-electron chi connectivity index (χ2n) is 4.17. The van der Waals surface area contributed by atoms with E-state index in [1.54, 1.807) is 0 Å². The molecule has 4 heteroatoms. The molecule has 0 spiro atoms. The van der Waals surface area contributed by atoms with Gasteiger partial charge in [-0.05, 0) is 38.8 Å². The van der Waals surface area contributed by atoms with Gasteiger partial charge >= 0.3 is 0 Å². The van der Waals surface area contributed by atoms with Crippen molar-refractivity contribution in [2.45, 2.75) is 39.7 Å². The van der Waals surface area contributed by atoms with Gasteiger partial charge in [0.1, 0.15) is 5.75 Å². The molecule has 2 nitrogen and oxygen atoms in total. The molecular weight excluding hydrogens is 287 g/mol. The number of para-hydroxylation sites is 1. The minimum atomic E-state index is -0.0961. The highest BCUT2D eigenvalue weighted by molar-refractivity contribution is 8.93. The lowest BCUT2D eigenvalue weighted by Gasteiger charge is -2.22. The highest BCUT2D eigenvalue weighted by atomic mass is 79.9. The van der Waals surface area contributed by atoms with Gasteiger partial charge in [0.05, 0.1) is 5.60 Å². The molecule has 0 radical (unpaired) electrons. The van der Waals surface area contributed by atoms with E-state index < -0.39 is 0 Å². The summed E-state index contributed by atoms with van der Waals surface area (Å²) in [5.41, 5.74) is 1.05. The minimum Gasteiger partial charge on any atom is -0.449 e. The van der Waals surface area contributed by atoms with Crippen LogP contribution >= 0.6 is 26.0 Å². The first-order valence-electron chi connectivity index (χ1n) is 5.20. The Hall–Kier alpha value is -0.110. The molecule has 92 valence electrons. The molecule has 0 heterocycles. The van der Waals surface area contributed by atoms with Crippen LogP contribution in [0, 0.1) is 6.92 Å². The zero-order valence-electron chi connectivity index (χ0n) is 10.2. The topological polar surface area (TPSA) is 18.5 Å². The zero-order valence-corrected chi connectivity index (χ0v) is 13.0. The van der Waals surface area contributed by atoms with Crippen LogP contribution in [0.15, 0.2) is 24.3 Å². The van der Waals surface area contributed by atoms with Crippen molar-refractivity contribution in [2.24, 2.45) is 0 Å². The summed E-state index contributed by atoms with van der Waals surface area (Å²) < 4.78 is 11.2. The van der Waals surface area contributed by atoms with E-state index in [2.05, 4.69) is 20.8 Å². The molecule has 0 N–H and O–H groups in total. The highest BCUT2D eigenvalue weighted by Crippen LogP contribution is 2.30. The van der Waals surface area contributed by atoms with Crippen LogP contribution in [0.2, 0.25) is 0 Å². The minimum absolute atomic E-state index is 0. The number of halogens is 1. The van der Waals surface area contributed by atoms with E-state index in [-0.39, 0.29) is 31.6 Å². The normalized spacial score (nSPS) is 11.5. The first-order valence-corrected chi connectivity index (χ1v) is 6.02. The summed E-state index contributed by atoms with van der Waals surface area (Å²) >= 11 is 0. The van der Waals surface area contributed by atoms with Gasteiger partial charge in [0.25, 0.3) is 0 Å². The second-order valence-corrected chi connectivity index (χ2v) is 4.74. The lowest BCUT2D eigenvalue weighted by molar-refractivity contribution is 0.117. The van der Waals surface area contributed by atoms with Crippen molar-refractivity contribution in [1.29, 1.82) is 0 Å². The van der Waals surface area contributed by atoms with E-state index >= 15 is 0 Å². The third-order valence-corrected chi connectivity index (χ3v) is 3.35. The van der Waals surface area contributed by atoms with E-state index in [0.717, 1.165) is 17.7 Å². The van der Waals surface area contributed by atoms with Crippen LogP contribution in [0.4, 0.5) is 0 Å². The maximum Gasteiger partial charge on any atom is 0.215 e. The lowest BCUT2D eigenvalue weighted by atomic mass is 10.1. The van der Waals surface area contributed by atoms with Crippen LogP contribution in [0.25, 0.3) is 0 Å². The van der Waals surface area contributed by atoms with Crippen molar-refractivity contribution < 1.29 is 9.05 Å². The van der Waals surface area contributed by atoms with Crippen molar-refractivity contribution in [3.63, 3.8) is 0 Å². The Labute approximate surface area is 110 Å². The maximum atomic E-state index is 5.64. The Morgan fingerprint density at radius 1 is 1.25 bits per heavy atom. The Bertz CT molecular complexity index is 316. The van der Waals surface area contributed by atoms with Gasteiger partial charge in [-0.15, -0.1) is 17.0 Å². The van der Waals surface area contributed by atoms with Crippen LogP contribution in [-0.4, -0.2) is 5.60 Å². The van der Waals surface area contributed by atoms with Gasteiger partial charge < -0.3 is 9.05 Å². The molecule has 0 aliphatic carbocycles. The summed E-state index contributed by atoms with van der Waals surface area (Å²) in [7, 11) is 0.0643. The molecule has 1 atom stereocenters. The predicted molar refractivity (Wildman–Crippen MR) is 75.9 cm³/mol. The van der Waals surface area contributed by atoms with Crippen LogP contribution in [0.3, 0.4) is 0 Å². The Balaban J connectivity index is 0.00000225. The Morgan fingerprint density at radius 2 is 1.88 bits per heavy atom. The van der Waals surface area contributed by atoms with Crippen LogP contribution in [0.5, 0.6) is 5.75 Å². The molecule has 1 aromatic rings. The molecule has 0 saturated heterocycles. The molecular formula is C12H20BrO2P. The van der Waals surface area contributed by atoms with Crippen molar-refractivity contribution in [3.05, 3.63) is 29.8 Å². The fourth-order valence-corrected chi connectivity index (χ4v) is 1.65. The largest absolute Gasteiger partial charge is 0.449 e. The van der Waals surface area contributed by atoms with Crippen LogP contribution in [0.1, 0.15) is 32.8 Å². The predicted octanol–water partition coefficient (Wildman–Crippen LogP) is 4.67. The van der Waals surface area contributed by atoms with Crippen LogP contribution < -0.4 is 4.52 Å². The summed E-state index contributed by atoms with van der Waals surface area (Å²) in [5.74, 6) is 0.905. The molecule has 0 aromatic heterocycles. The van der Waals surface area contributed by atoms with Gasteiger partial charge in [0.15, 0.2) is 0 Å². The molecule has 0 aliphatic heterocycles. The third kappa shape index (κ3) is 5.29. The number of rotatable bonds is 5. The first-order chi connectivity index (χ1) is 7.05. The summed E-state index contributed by atoms with van der Waals surface area (Å²) in [4.78, 5) is 0. The quantitative estimate of drug-likeness (QED) is 0.736. The average Bonchev–Trinajstić information content (AvgIpc) is 2.21. The molecule has 16 heavy (non-hydrogen) atoms.